The second-order valence-corrected chi connectivity index (χ2v) is 8.05. The highest BCUT2D eigenvalue weighted by Gasteiger charge is 2.27. The number of piperidine rings is 1. The van der Waals surface area contributed by atoms with Crippen LogP contribution in [0.25, 0.3) is 0 Å². The molecule has 1 aromatic rings. The molecule has 1 aromatic heterocycles. The van der Waals surface area contributed by atoms with Gasteiger partial charge in [0.25, 0.3) is 0 Å². The zero-order chi connectivity index (χ0) is 16.4. The summed E-state index contributed by atoms with van der Waals surface area (Å²) in [5.41, 5.74) is 1.26. The number of hydrogen-bond acceptors (Lipinski definition) is 4. The molecule has 2 aliphatic heterocycles. The lowest BCUT2D eigenvalue weighted by molar-refractivity contribution is -0.0720. The average Bonchev–Trinajstić information content (AvgIpc) is 2.50. The molecule has 0 aromatic carbocycles. The predicted molar refractivity (Wildman–Crippen MR) is 98.1 cm³/mol. The maximum atomic E-state index is 5.84. The largest absolute Gasteiger partial charge is 0.373 e. The summed E-state index contributed by atoms with van der Waals surface area (Å²) < 4.78 is 6.93. The monoisotopic (exact) mass is 381 g/mol. The average molecular weight is 382 g/mol. The number of nitrogens with zero attached hydrogens (tertiary/aromatic N) is 3. The van der Waals surface area contributed by atoms with Gasteiger partial charge < -0.3 is 9.64 Å². The molecule has 5 heteroatoms. The van der Waals surface area contributed by atoms with Gasteiger partial charge in [-0.25, -0.2) is 4.98 Å². The molecule has 0 amide bonds. The number of anilines is 1. The van der Waals surface area contributed by atoms with E-state index in [0.29, 0.717) is 12.2 Å². The predicted octanol–water partition coefficient (Wildman–Crippen LogP) is 3.48. The number of aromatic nitrogens is 1. The Hall–Kier alpha value is -0.650. The van der Waals surface area contributed by atoms with Crippen LogP contribution < -0.4 is 4.90 Å². The molecule has 2 unspecified atom stereocenters. The fraction of sp³-hybridized carbons (Fsp3) is 0.722. The van der Waals surface area contributed by atoms with Crippen LogP contribution in [0.4, 0.5) is 5.82 Å². The van der Waals surface area contributed by atoms with E-state index < -0.39 is 0 Å². The van der Waals surface area contributed by atoms with E-state index in [-0.39, 0.29) is 0 Å². The number of aryl methyl sites for hydroxylation is 1. The maximum absolute atomic E-state index is 5.84. The number of hydrogen-bond donors (Lipinski definition) is 0. The molecule has 23 heavy (non-hydrogen) atoms. The van der Waals surface area contributed by atoms with Crippen molar-refractivity contribution in [2.45, 2.75) is 45.8 Å². The number of morpholine rings is 1. The Labute approximate surface area is 148 Å². The first kappa shape index (κ1) is 17.2. The molecule has 0 bridgehead atoms. The van der Waals surface area contributed by atoms with Crippen molar-refractivity contribution < 1.29 is 4.74 Å². The van der Waals surface area contributed by atoms with Crippen LogP contribution >= 0.6 is 15.9 Å². The van der Waals surface area contributed by atoms with Gasteiger partial charge >= 0.3 is 0 Å². The van der Waals surface area contributed by atoms with Crippen LogP contribution in [0, 0.1) is 12.8 Å². The Bertz CT molecular complexity index is 521. The molecular formula is C18H28BrN3O. The molecule has 3 heterocycles. The zero-order valence-electron chi connectivity index (χ0n) is 14.5. The molecular weight excluding hydrogens is 354 g/mol. The molecule has 3 rings (SSSR count). The number of ether oxygens (including phenoxy) is 1. The van der Waals surface area contributed by atoms with Crippen molar-refractivity contribution in [3.8, 4) is 0 Å². The van der Waals surface area contributed by atoms with Crippen LogP contribution in [0.3, 0.4) is 0 Å². The van der Waals surface area contributed by atoms with E-state index in [0.717, 1.165) is 42.4 Å². The smallest absolute Gasteiger partial charge is 0.128 e. The van der Waals surface area contributed by atoms with Gasteiger partial charge in [-0.05, 0) is 67.1 Å². The van der Waals surface area contributed by atoms with Crippen LogP contribution in [0.15, 0.2) is 16.7 Å². The third-order valence-electron chi connectivity index (χ3n) is 4.98. The Balaban J connectivity index is 1.51. The van der Waals surface area contributed by atoms with E-state index in [1.54, 1.807) is 0 Å². The van der Waals surface area contributed by atoms with E-state index in [1.165, 1.54) is 24.9 Å². The van der Waals surface area contributed by atoms with Gasteiger partial charge in [-0.2, -0.15) is 0 Å². The quantitative estimate of drug-likeness (QED) is 0.801. The van der Waals surface area contributed by atoms with E-state index in [9.17, 15) is 0 Å². The fourth-order valence-corrected chi connectivity index (χ4v) is 4.06. The minimum atomic E-state index is 0.369. The van der Waals surface area contributed by atoms with Crippen molar-refractivity contribution in [1.29, 1.82) is 0 Å². The van der Waals surface area contributed by atoms with Crippen molar-refractivity contribution in [3.63, 3.8) is 0 Å². The Morgan fingerprint density at radius 2 is 1.87 bits per heavy atom. The highest BCUT2D eigenvalue weighted by Crippen LogP contribution is 2.26. The normalized spacial score (nSPS) is 27.4. The van der Waals surface area contributed by atoms with Gasteiger partial charge in [0.15, 0.2) is 0 Å². The first-order valence-electron chi connectivity index (χ1n) is 8.76. The van der Waals surface area contributed by atoms with Gasteiger partial charge in [-0.1, -0.05) is 0 Å². The zero-order valence-corrected chi connectivity index (χ0v) is 16.1. The first-order valence-corrected chi connectivity index (χ1v) is 9.55. The van der Waals surface area contributed by atoms with Crippen LogP contribution in [0.1, 0.15) is 32.3 Å². The van der Waals surface area contributed by atoms with Crippen molar-refractivity contribution in [1.82, 2.24) is 9.88 Å². The SMILES string of the molecule is Cc1cc(N2CCC(CN3CC(C)OC(C)C3)CC2)ncc1Br. The van der Waals surface area contributed by atoms with Crippen LogP contribution in [-0.4, -0.2) is 54.8 Å². The van der Waals surface area contributed by atoms with E-state index >= 15 is 0 Å². The second-order valence-electron chi connectivity index (χ2n) is 7.20. The number of rotatable bonds is 3. The summed E-state index contributed by atoms with van der Waals surface area (Å²) in [5.74, 6) is 1.93. The summed E-state index contributed by atoms with van der Waals surface area (Å²) in [4.78, 5) is 9.60. The third-order valence-corrected chi connectivity index (χ3v) is 5.81. The summed E-state index contributed by atoms with van der Waals surface area (Å²) in [6, 6.07) is 2.19. The second kappa shape index (κ2) is 7.49. The van der Waals surface area contributed by atoms with Gasteiger partial charge in [0.1, 0.15) is 5.82 Å². The lowest BCUT2D eigenvalue weighted by Crippen LogP contribution is -2.48. The minimum Gasteiger partial charge on any atom is -0.373 e. The van der Waals surface area contributed by atoms with E-state index in [1.807, 2.05) is 6.20 Å². The summed E-state index contributed by atoms with van der Waals surface area (Å²) >= 11 is 3.53. The highest BCUT2D eigenvalue weighted by atomic mass is 79.9. The molecule has 2 saturated heterocycles. The molecule has 4 nitrogen and oxygen atoms in total. The van der Waals surface area contributed by atoms with Crippen molar-refractivity contribution in [3.05, 3.63) is 22.3 Å². The molecule has 0 radical (unpaired) electrons. The molecule has 2 atom stereocenters. The first-order chi connectivity index (χ1) is 11.0. The Morgan fingerprint density at radius 1 is 1.22 bits per heavy atom. The standard InChI is InChI=1S/C18H28BrN3O/c1-13-8-18(20-9-17(13)19)22-6-4-16(5-7-22)12-21-10-14(2)23-15(3)11-21/h8-9,14-16H,4-7,10-12H2,1-3H3. The van der Waals surface area contributed by atoms with Gasteiger partial charge in [-0.3, -0.25) is 4.90 Å². The molecule has 2 aliphatic rings. The van der Waals surface area contributed by atoms with Crippen LogP contribution in [0.5, 0.6) is 0 Å². The molecule has 0 aliphatic carbocycles. The Morgan fingerprint density at radius 3 is 2.48 bits per heavy atom. The minimum absolute atomic E-state index is 0.369. The molecule has 2 fully saturated rings. The van der Waals surface area contributed by atoms with Crippen molar-refractivity contribution in [2.75, 3.05) is 37.6 Å². The van der Waals surface area contributed by atoms with Gasteiger partial charge in [0.05, 0.1) is 12.2 Å². The fourth-order valence-electron chi connectivity index (χ4n) is 3.84. The number of pyridine rings is 1. The topological polar surface area (TPSA) is 28.6 Å². The van der Waals surface area contributed by atoms with Crippen LogP contribution in [-0.2, 0) is 4.74 Å². The summed E-state index contributed by atoms with van der Waals surface area (Å²) in [6.07, 6.45) is 5.18. The van der Waals surface area contributed by atoms with Crippen LogP contribution in [0.2, 0.25) is 0 Å². The van der Waals surface area contributed by atoms with E-state index in [2.05, 4.69) is 57.6 Å². The molecule has 128 valence electrons. The summed E-state index contributed by atoms with van der Waals surface area (Å²) in [7, 11) is 0. The highest BCUT2D eigenvalue weighted by molar-refractivity contribution is 9.10. The molecule has 0 N–H and O–H groups in total. The summed E-state index contributed by atoms with van der Waals surface area (Å²) in [6.45, 7) is 12.1. The van der Waals surface area contributed by atoms with Crippen molar-refractivity contribution >= 4 is 21.7 Å². The number of halogens is 1. The van der Waals surface area contributed by atoms with Gasteiger partial charge in [0, 0.05) is 43.4 Å². The van der Waals surface area contributed by atoms with E-state index in [4.69, 9.17) is 4.74 Å². The van der Waals surface area contributed by atoms with Gasteiger partial charge in [0.2, 0.25) is 0 Å². The molecule has 0 spiro atoms. The third kappa shape index (κ3) is 4.46. The van der Waals surface area contributed by atoms with Crippen molar-refractivity contribution in [2.24, 2.45) is 5.92 Å². The maximum Gasteiger partial charge on any atom is 0.128 e. The lowest BCUT2D eigenvalue weighted by atomic mass is 9.95. The summed E-state index contributed by atoms with van der Waals surface area (Å²) in [5, 5.41) is 0. The lowest BCUT2D eigenvalue weighted by Gasteiger charge is -2.39. The molecule has 0 saturated carbocycles. The Kier molecular flexibility index (Phi) is 5.60. The van der Waals surface area contributed by atoms with Gasteiger partial charge in [-0.15, -0.1) is 0 Å².